The van der Waals surface area contributed by atoms with Gasteiger partial charge in [0.2, 0.25) is 21.8 Å². The summed E-state index contributed by atoms with van der Waals surface area (Å²) < 4.78 is 30.1. The number of nitrogens with one attached hydrogen (secondary N) is 3. The lowest BCUT2D eigenvalue weighted by Crippen LogP contribution is -2.49. The summed E-state index contributed by atoms with van der Waals surface area (Å²) >= 11 is 12.5. The van der Waals surface area contributed by atoms with Crippen LogP contribution in [0.15, 0.2) is 94.8 Å². The number of amides is 2. The smallest absolute Gasteiger partial charge is 0.245 e. The number of halogens is 2. The van der Waals surface area contributed by atoms with Crippen molar-refractivity contribution in [3.05, 3.63) is 112 Å². The van der Waals surface area contributed by atoms with Gasteiger partial charge in [0.1, 0.15) is 11.9 Å². The molecule has 3 N–H and O–H groups in total. The highest BCUT2D eigenvalue weighted by atomic mass is 35.5. The number of benzene rings is 4. The number of carbonyl (C=O) groups is 2. The van der Waals surface area contributed by atoms with Crippen LogP contribution in [0.5, 0.6) is 0 Å². The maximum Gasteiger partial charge on any atom is 0.245 e. The van der Waals surface area contributed by atoms with E-state index in [1.807, 2.05) is 48.5 Å². The lowest BCUT2D eigenvalue weighted by molar-refractivity contribution is -0.135. The van der Waals surface area contributed by atoms with Gasteiger partial charge in [-0.3, -0.25) is 14.6 Å². The van der Waals surface area contributed by atoms with Crippen molar-refractivity contribution in [2.45, 2.75) is 42.7 Å². The molecule has 47 heavy (non-hydrogen) atoms. The van der Waals surface area contributed by atoms with Gasteiger partial charge in [0.15, 0.2) is 0 Å². The van der Waals surface area contributed by atoms with Crippen LogP contribution >= 0.6 is 23.2 Å². The van der Waals surface area contributed by atoms with Crippen LogP contribution in [-0.2, 0) is 26.0 Å². The number of amidine groups is 1. The van der Waals surface area contributed by atoms with Crippen LogP contribution < -0.4 is 15.4 Å². The fourth-order valence-electron chi connectivity index (χ4n) is 5.97. The largest absolute Gasteiger partial charge is 0.368 e. The predicted molar refractivity (Wildman–Crippen MR) is 185 cm³/mol. The monoisotopic (exact) mass is 691 g/mol. The molecule has 244 valence electrons. The predicted octanol–water partition coefficient (Wildman–Crippen LogP) is 5.26. The SMILES string of the molecule is O=C(C[C@@H](NS(=O)(=O)c1ccc2ccccc2c1)c1ccc(Cl)c(Cl)c1)N[C@H](Cc1ccc(C2=NCCN2)cc1)C(=O)N1CCCC1. The molecule has 4 aromatic rings. The summed E-state index contributed by atoms with van der Waals surface area (Å²) in [7, 11) is -4.08. The van der Waals surface area contributed by atoms with Crippen molar-refractivity contribution in [3.63, 3.8) is 0 Å². The average molecular weight is 693 g/mol. The van der Waals surface area contributed by atoms with Crippen LogP contribution in [0.4, 0.5) is 0 Å². The van der Waals surface area contributed by atoms with Crippen molar-refractivity contribution in [2.75, 3.05) is 26.2 Å². The molecule has 0 radical (unpaired) electrons. The van der Waals surface area contributed by atoms with Gasteiger partial charge in [0.05, 0.1) is 27.5 Å². The van der Waals surface area contributed by atoms with Crippen molar-refractivity contribution in [1.82, 2.24) is 20.3 Å². The van der Waals surface area contributed by atoms with Gasteiger partial charge in [-0.25, -0.2) is 13.1 Å². The van der Waals surface area contributed by atoms with Gasteiger partial charge < -0.3 is 15.5 Å². The third-order valence-electron chi connectivity index (χ3n) is 8.46. The molecule has 1 saturated heterocycles. The third-order valence-corrected chi connectivity index (χ3v) is 10.7. The van der Waals surface area contributed by atoms with E-state index < -0.39 is 28.0 Å². The fourth-order valence-corrected chi connectivity index (χ4v) is 7.53. The first-order chi connectivity index (χ1) is 22.7. The molecule has 12 heteroatoms. The van der Waals surface area contributed by atoms with Crippen molar-refractivity contribution in [1.29, 1.82) is 0 Å². The van der Waals surface area contributed by atoms with E-state index in [1.165, 1.54) is 6.07 Å². The number of likely N-dealkylation sites (tertiary alicyclic amines) is 1. The van der Waals surface area contributed by atoms with Gasteiger partial charge in [-0.05, 0) is 59.0 Å². The van der Waals surface area contributed by atoms with Crippen LogP contribution in [-0.4, -0.2) is 63.2 Å². The minimum atomic E-state index is -4.08. The highest BCUT2D eigenvalue weighted by molar-refractivity contribution is 7.89. The van der Waals surface area contributed by atoms with Crippen LogP contribution in [0.2, 0.25) is 10.0 Å². The first-order valence-electron chi connectivity index (χ1n) is 15.6. The van der Waals surface area contributed by atoms with E-state index in [0.29, 0.717) is 23.7 Å². The topological polar surface area (TPSA) is 120 Å². The van der Waals surface area contributed by atoms with E-state index >= 15 is 0 Å². The zero-order chi connectivity index (χ0) is 33.0. The summed E-state index contributed by atoms with van der Waals surface area (Å²) in [5.74, 6) is 0.194. The molecule has 0 bridgehead atoms. The minimum absolute atomic E-state index is 0.0611. The van der Waals surface area contributed by atoms with Crippen molar-refractivity contribution in [3.8, 4) is 0 Å². The second kappa shape index (κ2) is 14.4. The summed E-state index contributed by atoms with van der Waals surface area (Å²) in [6.45, 7) is 2.80. The van der Waals surface area contributed by atoms with Crippen molar-refractivity contribution in [2.24, 2.45) is 4.99 Å². The number of aliphatic imine (C=N–C) groups is 1. The molecule has 0 saturated carbocycles. The lowest BCUT2D eigenvalue weighted by atomic mass is 10.0. The van der Waals surface area contributed by atoms with Crippen LogP contribution in [0.1, 0.15) is 42.0 Å². The quantitative estimate of drug-likeness (QED) is 0.198. The normalized spacial score (nSPS) is 16.0. The molecule has 4 aromatic carbocycles. The highest BCUT2D eigenvalue weighted by Gasteiger charge is 2.30. The lowest BCUT2D eigenvalue weighted by Gasteiger charge is -2.26. The van der Waals surface area contributed by atoms with E-state index in [-0.39, 0.29) is 28.7 Å². The Morgan fingerprint density at radius 3 is 2.34 bits per heavy atom. The van der Waals surface area contributed by atoms with E-state index in [4.69, 9.17) is 23.2 Å². The molecule has 0 aromatic heterocycles. The molecule has 2 amide bonds. The van der Waals surface area contributed by atoms with Gasteiger partial charge in [0, 0.05) is 38.0 Å². The first-order valence-corrected chi connectivity index (χ1v) is 17.8. The van der Waals surface area contributed by atoms with Crippen LogP contribution in [0.25, 0.3) is 10.8 Å². The second-order valence-electron chi connectivity index (χ2n) is 11.8. The molecule has 1 fully saturated rings. The molecule has 0 spiro atoms. The summed E-state index contributed by atoms with van der Waals surface area (Å²) in [5.41, 5.74) is 2.30. The van der Waals surface area contributed by atoms with E-state index in [0.717, 1.165) is 53.7 Å². The first kappa shape index (κ1) is 33.0. The number of fused-ring (bicyclic) bond motifs is 1. The Morgan fingerprint density at radius 1 is 0.894 bits per heavy atom. The molecule has 0 unspecified atom stereocenters. The third kappa shape index (κ3) is 7.96. The average Bonchev–Trinajstić information content (AvgIpc) is 3.81. The van der Waals surface area contributed by atoms with Crippen LogP contribution in [0, 0.1) is 0 Å². The van der Waals surface area contributed by atoms with Gasteiger partial charge in [-0.15, -0.1) is 0 Å². The molecule has 2 heterocycles. The number of carbonyl (C=O) groups excluding carboxylic acids is 2. The van der Waals surface area contributed by atoms with E-state index in [1.54, 1.807) is 35.2 Å². The number of sulfonamides is 1. The molecule has 9 nitrogen and oxygen atoms in total. The molecular formula is C35H35Cl2N5O4S. The molecule has 6 rings (SSSR count). The summed E-state index contributed by atoms with van der Waals surface area (Å²) in [6, 6.07) is 23.0. The molecule has 2 aliphatic rings. The Balaban J connectivity index is 1.24. The van der Waals surface area contributed by atoms with E-state index in [2.05, 4.69) is 20.3 Å². The number of nitrogens with zero attached hydrogens (tertiary/aromatic N) is 2. The maximum atomic E-state index is 13.7. The van der Waals surface area contributed by atoms with Gasteiger partial charge >= 0.3 is 0 Å². The van der Waals surface area contributed by atoms with E-state index in [9.17, 15) is 18.0 Å². The summed E-state index contributed by atoms with van der Waals surface area (Å²) in [6.07, 6.45) is 1.82. The Labute approximate surface area is 284 Å². The van der Waals surface area contributed by atoms with Crippen molar-refractivity contribution < 1.29 is 18.0 Å². The standard InChI is InChI=1S/C35H35Cl2N5O4S/c36-29-14-12-27(21-30(29)37)31(41-47(45,46)28-13-11-24-5-1-2-6-26(24)20-28)22-33(43)40-32(35(44)42-17-3-4-18-42)19-23-7-9-25(10-8-23)34-38-15-16-39-34/h1-2,5-14,20-21,31-32,41H,3-4,15-19,22H2,(H,38,39)(H,40,43)/t31-,32-/m1/s1. The number of rotatable bonds is 11. The molecular weight excluding hydrogens is 657 g/mol. The Hall–Kier alpha value is -3.96. The second-order valence-corrected chi connectivity index (χ2v) is 14.3. The van der Waals surface area contributed by atoms with Gasteiger partial charge in [-0.2, -0.15) is 0 Å². The summed E-state index contributed by atoms with van der Waals surface area (Å²) in [4.78, 5) is 33.7. The van der Waals surface area contributed by atoms with Gasteiger partial charge in [0.25, 0.3) is 0 Å². The molecule has 2 aliphatic heterocycles. The molecule has 0 aliphatic carbocycles. The zero-order valence-electron chi connectivity index (χ0n) is 25.6. The van der Waals surface area contributed by atoms with Crippen molar-refractivity contribution >= 4 is 61.6 Å². The Morgan fingerprint density at radius 2 is 1.64 bits per heavy atom. The number of hydrogen-bond acceptors (Lipinski definition) is 6. The minimum Gasteiger partial charge on any atom is -0.368 e. The van der Waals surface area contributed by atoms with Crippen LogP contribution in [0.3, 0.4) is 0 Å². The summed E-state index contributed by atoms with van der Waals surface area (Å²) in [5, 5.41) is 8.38. The maximum absolute atomic E-state index is 13.7. The number of hydrogen-bond donors (Lipinski definition) is 3. The zero-order valence-corrected chi connectivity index (χ0v) is 27.9. The Bertz CT molecular complexity index is 1930. The fraction of sp³-hybridized carbons (Fsp3) is 0.286. The molecule has 2 atom stereocenters. The Kier molecular flexibility index (Phi) is 10.1. The highest BCUT2D eigenvalue weighted by Crippen LogP contribution is 2.29. The van der Waals surface area contributed by atoms with Gasteiger partial charge in [-0.1, -0.05) is 83.9 Å².